The number of para-hydroxylation sites is 3. The van der Waals surface area contributed by atoms with Gasteiger partial charge in [0, 0.05) is 19.9 Å². The summed E-state index contributed by atoms with van der Waals surface area (Å²) in [5, 5.41) is 0.891. The van der Waals surface area contributed by atoms with E-state index in [4.69, 9.17) is 0 Å². The number of alkyl halides is 2. The molecule has 0 atom stereocenters. The lowest BCUT2D eigenvalue weighted by Gasteiger charge is -2.17. The fraction of sp³-hybridized carbons (Fsp3) is 0.250. The summed E-state index contributed by atoms with van der Waals surface area (Å²) >= 11 is 1.57. The molecule has 0 spiro atoms. The summed E-state index contributed by atoms with van der Waals surface area (Å²) in [6.45, 7) is -2.69. The van der Waals surface area contributed by atoms with Crippen molar-refractivity contribution < 1.29 is 13.6 Å². The Hall–Kier alpha value is -2.87. The van der Waals surface area contributed by atoms with Crippen LogP contribution in [-0.2, 0) is 17.8 Å². The number of halogens is 2. The molecular formula is C20H18F2N4OS. The lowest BCUT2D eigenvalue weighted by atomic mass is 10.3. The lowest BCUT2D eigenvalue weighted by molar-refractivity contribution is -0.130. The van der Waals surface area contributed by atoms with Gasteiger partial charge in [0.2, 0.25) is 5.91 Å². The minimum Gasteiger partial charge on any atom is -0.338 e. The first kappa shape index (κ1) is 18.5. The molecule has 1 amide bonds. The number of aryl methyl sites for hydroxylation is 1. The van der Waals surface area contributed by atoms with Crippen molar-refractivity contribution in [2.24, 2.45) is 0 Å². The van der Waals surface area contributed by atoms with E-state index in [1.807, 2.05) is 24.3 Å². The zero-order chi connectivity index (χ0) is 19.7. The predicted octanol–water partition coefficient (Wildman–Crippen LogP) is 4.63. The molecular weight excluding hydrogens is 382 g/mol. The van der Waals surface area contributed by atoms with Crippen molar-refractivity contribution in [2.75, 3.05) is 7.05 Å². The molecule has 2 heterocycles. The van der Waals surface area contributed by atoms with E-state index in [0.717, 1.165) is 19.8 Å². The number of aromatic nitrogens is 3. The van der Waals surface area contributed by atoms with E-state index in [9.17, 15) is 13.6 Å². The Morgan fingerprint density at radius 2 is 1.82 bits per heavy atom. The van der Waals surface area contributed by atoms with Crippen LogP contribution in [0.1, 0.15) is 23.8 Å². The molecule has 0 saturated carbocycles. The number of carbonyl (C=O) groups excluding carboxylic acids is 1. The molecule has 5 nitrogen and oxygen atoms in total. The summed E-state index contributed by atoms with van der Waals surface area (Å²) in [5.41, 5.74) is 1.78. The van der Waals surface area contributed by atoms with Crippen molar-refractivity contribution in [3.05, 3.63) is 59.4 Å². The molecule has 28 heavy (non-hydrogen) atoms. The van der Waals surface area contributed by atoms with Crippen molar-refractivity contribution in [1.82, 2.24) is 19.4 Å². The van der Waals surface area contributed by atoms with Crippen molar-refractivity contribution in [1.29, 1.82) is 0 Å². The minimum absolute atomic E-state index is 0.0255. The monoisotopic (exact) mass is 400 g/mol. The smallest absolute Gasteiger partial charge is 0.320 e. The van der Waals surface area contributed by atoms with Gasteiger partial charge in [-0.2, -0.15) is 8.78 Å². The molecule has 0 unspecified atom stereocenters. The van der Waals surface area contributed by atoms with Gasteiger partial charge in [-0.1, -0.05) is 24.3 Å². The molecule has 0 fully saturated rings. The molecule has 144 valence electrons. The topological polar surface area (TPSA) is 51.0 Å². The molecule has 0 radical (unpaired) electrons. The third kappa shape index (κ3) is 3.60. The largest absolute Gasteiger partial charge is 0.338 e. The highest BCUT2D eigenvalue weighted by Crippen LogP contribution is 2.25. The Kier molecular flexibility index (Phi) is 5.04. The standard InChI is InChI=1S/C20H18F2N4OS/c1-25(12-17-23-13-6-2-4-8-15(13)26(17)20(21)22)19(27)11-10-18-24-14-7-3-5-9-16(14)28-18/h2-9,20H,10-12H2,1H3. The van der Waals surface area contributed by atoms with E-state index in [1.165, 1.54) is 4.90 Å². The number of carbonyl (C=O) groups is 1. The van der Waals surface area contributed by atoms with Crippen LogP contribution in [-0.4, -0.2) is 32.4 Å². The molecule has 4 aromatic rings. The van der Waals surface area contributed by atoms with Gasteiger partial charge in [0.05, 0.1) is 32.8 Å². The number of thiazole rings is 1. The average Bonchev–Trinajstić information content (AvgIpc) is 3.26. The summed E-state index contributed by atoms with van der Waals surface area (Å²) < 4.78 is 29.0. The minimum atomic E-state index is -2.71. The van der Waals surface area contributed by atoms with Crippen molar-refractivity contribution in [3.8, 4) is 0 Å². The molecule has 0 aliphatic rings. The zero-order valence-electron chi connectivity index (χ0n) is 15.2. The van der Waals surface area contributed by atoms with Crippen LogP contribution < -0.4 is 0 Å². The van der Waals surface area contributed by atoms with Crippen LogP contribution in [0.2, 0.25) is 0 Å². The number of nitrogens with zero attached hydrogens (tertiary/aromatic N) is 4. The SMILES string of the molecule is CN(Cc1nc2ccccc2n1C(F)F)C(=O)CCc1nc2ccccc2s1. The maximum Gasteiger partial charge on any atom is 0.320 e. The van der Waals surface area contributed by atoms with Crippen molar-refractivity contribution in [3.63, 3.8) is 0 Å². The van der Waals surface area contributed by atoms with Gasteiger partial charge in [-0.05, 0) is 24.3 Å². The van der Waals surface area contributed by atoms with Crippen LogP contribution in [0.5, 0.6) is 0 Å². The summed E-state index contributed by atoms with van der Waals surface area (Å²) in [4.78, 5) is 22.8. The highest BCUT2D eigenvalue weighted by molar-refractivity contribution is 7.18. The van der Waals surface area contributed by atoms with Gasteiger partial charge in [-0.3, -0.25) is 9.36 Å². The molecule has 2 aromatic carbocycles. The third-order valence-corrected chi connectivity index (χ3v) is 5.66. The van der Waals surface area contributed by atoms with Crippen molar-refractivity contribution >= 4 is 38.5 Å². The fourth-order valence-corrected chi connectivity index (χ4v) is 4.12. The summed E-state index contributed by atoms with van der Waals surface area (Å²) in [5.74, 6) is 0.0409. The van der Waals surface area contributed by atoms with Crippen LogP contribution in [0.25, 0.3) is 21.3 Å². The van der Waals surface area contributed by atoms with Crippen LogP contribution in [0.15, 0.2) is 48.5 Å². The second-order valence-electron chi connectivity index (χ2n) is 6.49. The maximum atomic E-state index is 13.5. The fourth-order valence-electron chi connectivity index (χ4n) is 3.16. The Morgan fingerprint density at radius 1 is 1.11 bits per heavy atom. The van der Waals surface area contributed by atoms with Crippen LogP contribution >= 0.6 is 11.3 Å². The Labute approximate surface area is 164 Å². The van der Waals surface area contributed by atoms with Gasteiger partial charge in [0.25, 0.3) is 0 Å². The zero-order valence-corrected chi connectivity index (χ0v) is 16.0. The summed E-state index contributed by atoms with van der Waals surface area (Å²) in [6, 6.07) is 14.6. The third-order valence-electron chi connectivity index (χ3n) is 4.56. The van der Waals surface area contributed by atoms with Crippen LogP contribution in [0.3, 0.4) is 0 Å². The van der Waals surface area contributed by atoms with E-state index < -0.39 is 6.55 Å². The van der Waals surface area contributed by atoms with Gasteiger partial charge in [0.1, 0.15) is 5.82 Å². The number of hydrogen-bond donors (Lipinski definition) is 0. The molecule has 8 heteroatoms. The first-order chi connectivity index (χ1) is 13.5. The van der Waals surface area contributed by atoms with E-state index >= 15 is 0 Å². The van der Waals surface area contributed by atoms with E-state index in [1.54, 1.807) is 42.6 Å². The van der Waals surface area contributed by atoms with E-state index in [-0.39, 0.29) is 24.7 Å². The number of imidazole rings is 1. The number of rotatable bonds is 6. The Balaban J connectivity index is 1.46. The lowest BCUT2D eigenvalue weighted by Crippen LogP contribution is -2.28. The van der Waals surface area contributed by atoms with Gasteiger partial charge < -0.3 is 4.90 Å². The molecule has 2 aromatic heterocycles. The molecule has 0 saturated heterocycles. The Morgan fingerprint density at radius 3 is 2.57 bits per heavy atom. The van der Waals surface area contributed by atoms with Gasteiger partial charge >= 0.3 is 6.55 Å². The Bertz CT molecular complexity index is 1100. The first-order valence-electron chi connectivity index (χ1n) is 8.85. The van der Waals surface area contributed by atoms with Gasteiger partial charge in [0.15, 0.2) is 0 Å². The second-order valence-corrected chi connectivity index (χ2v) is 7.60. The summed E-state index contributed by atoms with van der Waals surface area (Å²) in [6.07, 6.45) is 0.791. The normalized spacial score (nSPS) is 11.6. The van der Waals surface area contributed by atoms with Gasteiger partial charge in [-0.25, -0.2) is 9.97 Å². The van der Waals surface area contributed by atoms with Crippen LogP contribution in [0, 0.1) is 0 Å². The highest BCUT2D eigenvalue weighted by atomic mass is 32.1. The molecule has 0 aliphatic heterocycles. The maximum absolute atomic E-state index is 13.5. The highest BCUT2D eigenvalue weighted by Gasteiger charge is 2.20. The van der Waals surface area contributed by atoms with E-state index in [0.29, 0.717) is 17.5 Å². The number of benzene rings is 2. The first-order valence-corrected chi connectivity index (χ1v) is 9.67. The second kappa shape index (κ2) is 7.63. The van der Waals surface area contributed by atoms with Gasteiger partial charge in [-0.15, -0.1) is 11.3 Å². The molecule has 0 bridgehead atoms. The molecule has 0 aliphatic carbocycles. The summed E-state index contributed by atoms with van der Waals surface area (Å²) in [7, 11) is 1.61. The van der Waals surface area contributed by atoms with Crippen LogP contribution in [0.4, 0.5) is 8.78 Å². The quantitative estimate of drug-likeness (QED) is 0.474. The number of amides is 1. The number of hydrogen-bond acceptors (Lipinski definition) is 4. The van der Waals surface area contributed by atoms with E-state index in [2.05, 4.69) is 9.97 Å². The number of fused-ring (bicyclic) bond motifs is 2. The molecule has 4 rings (SSSR count). The average molecular weight is 400 g/mol. The molecule has 0 N–H and O–H groups in total. The predicted molar refractivity (Wildman–Crippen MR) is 105 cm³/mol. The van der Waals surface area contributed by atoms with Crippen molar-refractivity contribution in [2.45, 2.75) is 25.9 Å².